The van der Waals surface area contributed by atoms with Gasteiger partial charge in [-0.1, -0.05) is 0 Å². The average molecular weight is 195 g/mol. The van der Waals surface area contributed by atoms with Crippen LogP contribution in [0.5, 0.6) is 0 Å². The zero-order chi connectivity index (χ0) is 10.3. The molecule has 0 aliphatic carbocycles. The van der Waals surface area contributed by atoms with Gasteiger partial charge in [0.2, 0.25) is 6.33 Å². The molecule has 1 rings (SSSR count). The average Bonchev–Trinajstić information content (AvgIpc) is 2.50. The van der Waals surface area contributed by atoms with Crippen molar-refractivity contribution >= 4 is 0 Å². The van der Waals surface area contributed by atoms with Gasteiger partial charge in [0.15, 0.2) is 0 Å². The van der Waals surface area contributed by atoms with Crippen molar-refractivity contribution < 1.29 is 17.7 Å². The van der Waals surface area contributed by atoms with Crippen LogP contribution in [0.4, 0.5) is 13.2 Å². The molecule has 5 heteroatoms. The first-order chi connectivity index (χ1) is 6.10. The number of rotatable bonds is 2. The van der Waals surface area contributed by atoms with Crippen LogP contribution in [0.3, 0.4) is 0 Å². The Morgan fingerprint density at radius 3 is 2.08 bits per heavy atom. The molecule has 2 nitrogen and oxygen atoms in total. The zero-order valence-corrected chi connectivity index (χ0v) is 7.75. The summed E-state index contributed by atoms with van der Waals surface area (Å²) in [6.45, 7) is 2.74. The molecule has 0 radical (unpaired) electrons. The zero-order valence-electron chi connectivity index (χ0n) is 7.75. The monoisotopic (exact) mass is 195 g/mol. The lowest BCUT2D eigenvalue weighted by molar-refractivity contribution is -0.693. The van der Waals surface area contributed by atoms with E-state index in [2.05, 4.69) is 41.7 Å². The quantitative estimate of drug-likeness (QED) is 0.638. The first-order valence-corrected chi connectivity index (χ1v) is 4.07. The molecule has 13 heavy (non-hydrogen) atoms. The largest absolute Gasteiger partial charge is 0.379 e. The van der Waals surface area contributed by atoms with Crippen LogP contribution in [-0.2, 0) is 13.1 Å². The molecule has 0 saturated carbocycles. The van der Waals surface area contributed by atoms with Gasteiger partial charge in [0.1, 0.15) is 12.4 Å². The van der Waals surface area contributed by atoms with Crippen LogP contribution in [0.25, 0.3) is 0 Å². The van der Waals surface area contributed by atoms with Crippen molar-refractivity contribution in [1.82, 2.24) is 4.57 Å². The van der Waals surface area contributed by atoms with Gasteiger partial charge in [0.25, 0.3) is 0 Å². The van der Waals surface area contributed by atoms with Gasteiger partial charge in [-0.15, -0.1) is 0 Å². The van der Waals surface area contributed by atoms with Gasteiger partial charge < -0.3 is 0 Å². The number of alkyl halides is 3. The number of aromatic nitrogens is 2. The van der Waals surface area contributed by atoms with Crippen molar-refractivity contribution in [3.8, 4) is 0 Å². The normalized spacial score (nSPS) is 9.69. The molecule has 0 atom stereocenters. The third-order valence-corrected chi connectivity index (χ3v) is 1.48. The molecule has 0 bridgehead atoms. The summed E-state index contributed by atoms with van der Waals surface area (Å²) in [5.41, 5.74) is 0. The van der Waals surface area contributed by atoms with Gasteiger partial charge in [-0.25, -0.2) is 9.13 Å². The number of hydrogen-bond donors (Lipinski definition) is 0. The molecule has 0 unspecified atom stereocenters. The molecule has 0 spiro atoms. The van der Waals surface area contributed by atoms with Crippen molar-refractivity contribution in [2.24, 2.45) is 0 Å². The Morgan fingerprint density at radius 2 is 1.85 bits per heavy atom. The Bertz CT molecular complexity index is 202. The molecule has 0 aromatic carbocycles. The Labute approximate surface area is 75.6 Å². The van der Waals surface area contributed by atoms with E-state index < -0.39 is 6.68 Å². The Morgan fingerprint density at radius 1 is 1.31 bits per heavy atom. The van der Waals surface area contributed by atoms with E-state index in [0.29, 0.717) is 0 Å². The number of aryl methyl sites for hydroxylation is 2. The van der Waals surface area contributed by atoms with E-state index >= 15 is 0 Å². The second-order valence-corrected chi connectivity index (χ2v) is 2.32. The molecule has 0 N–H and O–H groups in total. The van der Waals surface area contributed by atoms with Gasteiger partial charge in [-0.2, -0.15) is 13.2 Å². The lowest BCUT2D eigenvalue weighted by Gasteiger charge is -1.84. The van der Waals surface area contributed by atoms with E-state index in [1.807, 2.05) is 0 Å². The van der Waals surface area contributed by atoms with Crippen LogP contribution in [0.1, 0.15) is 13.8 Å². The van der Waals surface area contributed by atoms with Crippen LogP contribution < -0.4 is 4.57 Å². The van der Waals surface area contributed by atoms with E-state index in [1.54, 1.807) is 0 Å². The third kappa shape index (κ3) is 6.19. The molecule has 0 aliphatic rings. The fraction of sp³-hybridized carbons (Fsp3) is 0.625. The first kappa shape index (κ1) is 12.0. The molecular formula is C8H14F3N2+. The number of halogens is 3. The second-order valence-electron chi connectivity index (χ2n) is 2.32. The molecular weight excluding hydrogens is 181 g/mol. The molecule has 0 amide bonds. The molecule has 1 heterocycles. The van der Waals surface area contributed by atoms with Crippen LogP contribution in [0, 0.1) is 0 Å². The highest BCUT2D eigenvalue weighted by molar-refractivity contribution is 4.64. The number of nitrogens with zero attached hydrogens (tertiary/aromatic N) is 2. The van der Waals surface area contributed by atoms with E-state index in [0.717, 1.165) is 13.1 Å². The predicted molar refractivity (Wildman–Crippen MR) is 43.1 cm³/mol. The van der Waals surface area contributed by atoms with E-state index in [4.69, 9.17) is 0 Å². The van der Waals surface area contributed by atoms with Crippen LogP contribution >= 0.6 is 0 Å². The summed E-state index contributed by atoms with van der Waals surface area (Å²) in [5, 5.41) is 0. The molecule has 0 saturated heterocycles. The van der Waals surface area contributed by atoms with Gasteiger partial charge in [-0.3, -0.25) is 0 Å². The van der Waals surface area contributed by atoms with Crippen molar-refractivity contribution in [3.63, 3.8) is 0 Å². The molecule has 1 aromatic heterocycles. The maximum atomic E-state index is 9.67. The summed E-state index contributed by atoms with van der Waals surface area (Å²) in [4.78, 5) is 0. The molecule has 1 aromatic rings. The maximum Gasteiger partial charge on any atom is 0.379 e. The van der Waals surface area contributed by atoms with E-state index in [-0.39, 0.29) is 0 Å². The Balaban J connectivity index is 0.000000310. The smallest absolute Gasteiger partial charge is 0.237 e. The second kappa shape index (κ2) is 6.51. The Kier molecular flexibility index (Phi) is 6.01. The highest BCUT2D eigenvalue weighted by Gasteiger charge is 1.95. The highest BCUT2D eigenvalue weighted by Crippen LogP contribution is 1.87. The SMILES string of the molecule is CCn1cc[n+](CC)c1.FC(F)F. The van der Waals surface area contributed by atoms with Crippen molar-refractivity contribution in [2.75, 3.05) is 0 Å². The van der Waals surface area contributed by atoms with Crippen LogP contribution in [-0.4, -0.2) is 11.2 Å². The van der Waals surface area contributed by atoms with Gasteiger partial charge in [0.05, 0.1) is 13.1 Å². The summed E-state index contributed by atoms with van der Waals surface area (Å²) in [6, 6.07) is 0. The first-order valence-electron chi connectivity index (χ1n) is 4.07. The van der Waals surface area contributed by atoms with Gasteiger partial charge in [-0.05, 0) is 13.8 Å². The third-order valence-electron chi connectivity index (χ3n) is 1.48. The number of imidazole rings is 1. The fourth-order valence-corrected chi connectivity index (χ4v) is 0.813. The summed E-state index contributed by atoms with van der Waals surface area (Å²) >= 11 is 0. The summed E-state index contributed by atoms with van der Waals surface area (Å²) < 4.78 is 33.3. The van der Waals surface area contributed by atoms with Gasteiger partial charge >= 0.3 is 6.68 Å². The highest BCUT2D eigenvalue weighted by atomic mass is 19.4. The van der Waals surface area contributed by atoms with E-state index in [1.165, 1.54) is 0 Å². The minimum absolute atomic E-state index is 1.06. The predicted octanol–water partition coefficient (Wildman–Crippen LogP) is 1.99. The summed E-state index contributed by atoms with van der Waals surface area (Å²) in [5.74, 6) is 0. The standard InChI is InChI=1S/C7H13N2.CHF3/c1-3-8-5-6-9(4-2)7-8;2-1(3)4/h5-7H,3-4H2,1-2H3;1H/q+1;. The van der Waals surface area contributed by atoms with Crippen molar-refractivity contribution in [3.05, 3.63) is 18.7 Å². The Hall–Kier alpha value is -1.00. The lowest BCUT2D eigenvalue weighted by Crippen LogP contribution is -2.28. The van der Waals surface area contributed by atoms with Crippen LogP contribution in [0.2, 0.25) is 0 Å². The topological polar surface area (TPSA) is 8.81 Å². The minimum atomic E-state index is -3.67. The lowest BCUT2D eigenvalue weighted by atomic mass is 10.7. The van der Waals surface area contributed by atoms with Crippen LogP contribution in [0.15, 0.2) is 18.7 Å². The molecule has 0 aliphatic heterocycles. The van der Waals surface area contributed by atoms with Crippen molar-refractivity contribution in [2.45, 2.75) is 33.6 Å². The summed E-state index contributed by atoms with van der Waals surface area (Å²) in [6.07, 6.45) is 6.28. The van der Waals surface area contributed by atoms with Crippen molar-refractivity contribution in [1.29, 1.82) is 0 Å². The summed E-state index contributed by atoms with van der Waals surface area (Å²) in [7, 11) is 0. The maximum absolute atomic E-state index is 9.67. The fourth-order valence-electron chi connectivity index (χ4n) is 0.813. The van der Waals surface area contributed by atoms with E-state index in [9.17, 15) is 13.2 Å². The number of hydrogen-bond acceptors (Lipinski definition) is 0. The van der Waals surface area contributed by atoms with Gasteiger partial charge in [0, 0.05) is 0 Å². The minimum Gasteiger partial charge on any atom is -0.237 e. The molecule has 76 valence electrons. The molecule has 0 fully saturated rings.